The average Bonchev–Trinajstić information content (AvgIpc) is 2.72. The summed E-state index contributed by atoms with van der Waals surface area (Å²) in [6.07, 6.45) is 1.38. The first-order chi connectivity index (χ1) is 14.0. The molecule has 2 aromatic carbocycles. The molecule has 2 aromatic rings. The molecule has 1 amide bonds. The zero-order valence-corrected chi connectivity index (χ0v) is 16.2. The van der Waals surface area contributed by atoms with Crippen LogP contribution in [0, 0.1) is 22.7 Å². The van der Waals surface area contributed by atoms with Crippen LogP contribution in [0.1, 0.15) is 22.8 Å². The van der Waals surface area contributed by atoms with Gasteiger partial charge in [0.15, 0.2) is 6.61 Å². The highest BCUT2D eigenvalue weighted by Gasteiger charge is 2.12. The lowest BCUT2D eigenvalue weighted by atomic mass is 10.1. The summed E-state index contributed by atoms with van der Waals surface area (Å²) in [6, 6.07) is 14.5. The van der Waals surface area contributed by atoms with Crippen molar-refractivity contribution in [3.8, 4) is 17.9 Å². The van der Waals surface area contributed by atoms with Crippen molar-refractivity contribution < 1.29 is 19.1 Å². The monoisotopic (exact) mass is 409 g/mol. The molecule has 2 rings (SSSR count). The van der Waals surface area contributed by atoms with Crippen molar-refractivity contribution in [2.45, 2.75) is 6.92 Å². The van der Waals surface area contributed by atoms with Gasteiger partial charge in [-0.3, -0.25) is 4.79 Å². The Hall–Kier alpha value is -3.81. The number of nitriles is 2. The third kappa shape index (κ3) is 6.10. The van der Waals surface area contributed by atoms with Crippen LogP contribution >= 0.6 is 11.6 Å². The average molecular weight is 410 g/mol. The van der Waals surface area contributed by atoms with Gasteiger partial charge in [0.25, 0.3) is 5.91 Å². The van der Waals surface area contributed by atoms with Gasteiger partial charge in [-0.1, -0.05) is 17.7 Å². The fourth-order valence-corrected chi connectivity index (χ4v) is 2.50. The normalized spacial score (nSPS) is 10.4. The van der Waals surface area contributed by atoms with E-state index in [1.165, 1.54) is 36.4 Å². The number of carbonyl (C=O) groups excluding carboxylic acids is 2. The van der Waals surface area contributed by atoms with Gasteiger partial charge in [0.05, 0.1) is 17.2 Å². The van der Waals surface area contributed by atoms with Gasteiger partial charge in [0, 0.05) is 5.69 Å². The molecule has 0 radical (unpaired) electrons. The summed E-state index contributed by atoms with van der Waals surface area (Å²) >= 11 is 6.08. The summed E-state index contributed by atoms with van der Waals surface area (Å²) in [7, 11) is 0. The molecular weight excluding hydrogens is 394 g/mol. The van der Waals surface area contributed by atoms with Crippen LogP contribution in [-0.2, 0) is 9.53 Å². The summed E-state index contributed by atoms with van der Waals surface area (Å²) < 4.78 is 10.0. The minimum absolute atomic E-state index is 0.138. The molecule has 0 saturated heterocycles. The molecule has 1 N–H and O–H groups in total. The lowest BCUT2D eigenvalue weighted by Crippen LogP contribution is -2.13. The second-order valence-electron chi connectivity index (χ2n) is 5.56. The molecule has 0 aliphatic rings. The van der Waals surface area contributed by atoms with E-state index in [1.807, 2.05) is 12.1 Å². The first-order valence-electron chi connectivity index (χ1n) is 8.48. The molecule has 0 unspecified atom stereocenters. The van der Waals surface area contributed by atoms with Gasteiger partial charge in [-0.15, -0.1) is 0 Å². The second kappa shape index (κ2) is 10.5. The van der Waals surface area contributed by atoms with E-state index >= 15 is 0 Å². The first-order valence-corrected chi connectivity index (χ1v) is 8.86. The Morgan fingerprint density at radius 3 is 2.48 bits per heavy atom. The van der Waals surface area contributed by atoms with Gasteiger partial charge in [0.2, 0.25) is 0 Å². The number of benzene rings is 2. The number of anilines is 1. The fourth-order valence-electron chi connectivity index (χ4n) is 2.25. The van der Waals surface area contributed by atoms with Crippen molar-refractivity contribution >= 4 is 35.2 Å². The van der Waals surface area contributed by atoms with Crippen molar-refractivity contribution in [1.82, 2.24) is 0 Å². The summed E-state index contributed by atoms with van der Waals surface area (Å²) in [5, 5.41) is 20.7. The van der Waals surface area contributed by atoms with E-state index in [0.29, 0.717) is 22.6 Å². The van der Waals surface area contributed by atoms with Crippen molar-refractivity contribution in [2.24, 2.45) is 0 Å². The van der Waals surface area contributed by atoms with Gasteiger partial charge in [-0.2, -0.15) is 10.5 Å². The zero-order chi connectivity index (χ0) is 21.2. The maximum Gasteiger partial charge on any atom is 0.338 e. The number of hydrogen-bond donors (Lipinski definition) is 1. The molecule has 146 valence electrons. The first kappa shape index (κ1) is 21.5. The number of halogens is 1. The van der Waals surface area contributed by atoms with Crippen LogP contribution in [0.15, 0.2) is 48.0 Å². The maximum atomic E-state index is 12.4. The highest BCUT2D eigenvalue weighted by Crippen LogP contribution is 2.26. The topological polar surface area (TPSA) is 112 Å². The van der Waals surface area contributed by atoms with Crippen LogP contribution in [0.4, 0.5) is 5.69 Å². The number of rotatable bonds is 7. The van der Waals surface area contributed by atoms with E-state index in [2.05, 4.69) is 5.32 Å². The van der Waals surface area contributed by atoms with Crippen LogP contribution in [0.2, 0.25) is 5.02 Å². The van der Waals surface area contributed by atoms with Crippen LogP contribution in [0.5, 0.6) is 5.75 Å². The maximum absolute atomic E-state index is 12.4. The van der Waals surface area contributed by atoms with E-state index in [-0.39, 0.29) is 23.8 Å². The predicted molar refractivity (Wildman–Crippen MR) is 107 cm³/mol. The summed E-state index contributed by atoms with van der Waals surface area (Å²) in [5.41, 5.74) is 1.15. The Labute approximate surface area is 172 Å². The standard InChI is InChI=1S/C21H16ClN3O4/c1-2-28-21(27)15-4-6-17(7-5-15)25-20(26)16(13-24)11-14-3-8-19(18(22)12-14)29-10-9-23/h3-8,11-12H,2,10H2,1H3,(H,25,26)/b16-11+. The Bertz CT molecular complexity index is 1020. The van der Waals surface area contributed by atoms with E-state index in [1.54, 1.807) is 19.1 Å². The molecule has 0 fully saturated rings. The fraction of sp³-hybridized carbons (Fsp3) is 0.143. The molecular formula is C21H16ClN3O4. The zero-order valence-electron chi connectivity index (χ0n) is 15.4. The Morgan fingerprint density at radius 2 is 1.90 bits per heavy atom. The Kier molecular flexibility index (Phi) is 7.78. The van der Waals surface area contributed by atoms with Crippen LogP contribution in [0.25, 0.3) is 6.08 Å². The van der Waals surface area contributed by atoms with Gasteiger partial charge < -0.3 is 14.8 Å². The Morgan fingerprint density at radius 1 is 1.17 bits per heavy atom. The summed E-state index contributed by atoms with van der Waals surface area (Å²) in [6.45, 7) is 1.83. The molecule has 7 nitrogen and oxygen atoms in total. The molecule has 8 heteroatoms. The molecule has 0 aromatic heterocycles. The highest BCUT2D eigenvalue weighted by atomic mass is 35.5. The van der Waals surface area contributed by atoms with Crippen LogP contribution in [-0.4, -0.2) is 25.1 Å². The van der Waals surface area contributed by atoms with E-state index in [4.69, 9.17) is 26.3 Å². The summed E-state index contributed by atoms with van der Waals surface area (Å²) in [4.78, 5) is 24.0. The Balaban J connectivity index is 2.12. The third-order valence-electron chi connectivity index (χ3n) is 3.58. The van der Waals surface area contributed by atoms with Crippen LogP contribution in [0.3, 0.4) is 0 Å². The van der Waals surface area contributed by atoms with E-state index in [0.717, 1.165) is 0 Å². The minimum atomic E-state index is -0.614. The summed E-state index contributed by atoms with van der Waals surface area (Å²) in [5.74, 6) is -0.741. The lowest BCUT2D eigenvalue weighted by Gasteiger charge is -2.07. The second-order valence-corrected chi connectivity index (χ2v) is 5.97. The molecule has 0 heterocycles. The lowest BCUT2D eigenvalue weighted by molar-refractivity contribution is -0.112. The third-order valence-corrected chi connectivity index (χ3v) is 3.87. The highest BCUT2D eigenvalue weighted by molar-refractivity contribution is 6.32. The number of nitrogens with zero attached hydrogens (tertiary/aromatic N) is 2. The molecule has 0 atom stereocenters. The molecule has 0 bridgehead atoms. The molecule has 0 saturated carbocycles. The van der Waals surface area contributed by atoms with Gasteiger partial charge in [-0.25, -0.2) is 4.79 Å². The SMILES string of the molecule is CCOC(=O)c1ccc(NC(=O)/C(C#N)=C/c2ccc(OCC#N)c(Cl)c2)cc1. The van der Waals surface area contributed by atoms with E-state index < -0.39 is 11.9 Å². The largest absolute Gasteiger partial charge is 0.477 e. The van der Waals surface area contributed by atoms with Crippen molar-refractivity contribution in [2.75, 3.05) is 18.5 Å². The number of hydrogen-bond acceptors (Lipinski definition) is 6. The number of ether oxygens (including phenoxy) is 2. The van der Waals surface area contributed by atoms with Crippen molar-refractivity contribution in [1.29, 1.82) is 10.5 Å². The number of amides is 1. The number of nitrogens with one attached hydrogen (secondary N) is 1. The van der Waals surface area contributed by atoms with E-state index in [9.17, 15) is 14.9 Å². The quantitative estimate of drug-likeness (QED) is 0.420. The van der Waals surface area contributed by atoms with Gasteiger partial charge in [-0.05, 0) is 55.0 Å². The number of esters is 1. The number of carbonyl (C=O) groups is 2. The van der Waals surface area contributed by atoms with Crippen molar-refractivity contribution in [3.05, 3.63) is 64.2 Å². The molecule has 0 aliphatic heterocycles. The van der Waals surface area contributed by atoms with Gasteiger partial charge in [0.1, 0.15) is 23.5 Å². The molecule has 0 spiro atoms. The van der Waals surface area contributed by atoms with Crippen molar-refractivity contribution in [3.63, 3.8) is 0 Å². The molecule has 0 aliphatic carbocycles. The molecule has 29 heavy (non-hydrogen) atoms. The van der Waals surface area contributed by atoms with Crippen LogP contribution < -0.4 is 10.1 Å². The smallest absolute Gasteiger partial charge is 0.338 e. The predicted octanol–water partition coefficient (Wildman–Crippen LogP) is 3.96. The minimum Gasteiger partial charge on any atom is -0.477 e. The van der Waals surface area contributed by atoms with Gasteiger partial charge >= 0.3 is 5.97 Å².